The standard InChI is InChI=1S/C15H20N2O2/c18-8-15-16-6-12-13(7-17-15)14(12)10-19-9-11-4-2-1-3-5-11/h1-5,12-14,18H,6-10H2,(H,16,17)/t12-,13+,14-. The number of aliphatic imine (C=N–C) groups is 1. The molecular formula is C15H20N2O2. The summed E-state index contributed by atoms with van der Waals surface area (Å²) in [6.07, 6.45) is 0. The minimum absolute atomic E-state index is 0.0224. The van der Waals surface area contributed by atoms with E-state index < -0.39 is 0 Å². The van der Waals surface area contributed by atoms with E-state index in [2.05, 4.69) is 22.4 Å². The predicted octanol–water partition coefficient (Wildman–Crippen LogP) is 1.06. The number of benzene rings is 1. The van der Waals surface area contributed by atoms with Gasteiger partial charge >= 0.3 is 0 Å². The molecule has 0 amide bonds. The number of ether oxygens (including phenoxy) is 1. The van der Waals surface area contributed by atoms with Crippen molar-refractivity contribution in [2.75, 3.05) is 26.3 Å². The van der Waals surface area contributed by atoms with E-state index in [1.165, 1.54) is 5.56 Å². The van der Waals surface area contributed by atoms with Crippen LogP contribution in [0.5, 0.6) is 0 Å². The lowest BCUT2D eigenvalue weighted by Crippen LogP contribution is -2.28. The predicted molar refractivity (Wildman–Crippen MR) is 74.0 cm³/mol. The first-order chi connectivity index (χ1) is 9.38. The van der Waals surface area contributed by atoms with Crippen molar-refractivity contribution in [1.82, 2.24) is 5.32 Å². The van der Waals surface area contributed by atoms with Gasteiger partial charge in [0, 0.05) is 13.1 Å². The number of aliphatic hydroxyl groups excluding tert-OH is 1. The third-order valence-electron chi connectivity index (χ3n) is 4.12. The van der Waals surface area contributed by atoms with Gasteiger partial charge < -0.3 is 15.2 Å². The summed E-state index contributed by atoms with van der Waals surface area (Å²) in [7, 11) is 0. The van der Waals surface area contributed by atoms with Gasteiger partial charge in [-0.25, -0.2) is 0 Å². The van der Waals surface area contributed by atoms with Crippen molar-refractivity contribution in [1.29, 1.82) is 0 Å². The Bertz CT molecular complexity index is 447. The minimum Gasteiger partial charge on any atom is -0.388 e. The Labute approximate surface area is 113 Å². The highest BCUT2D eigenvalue weighted by Gasteiger charge is 2.50. The van der Waals surface area contributed by atoms with E-state index in [0.717, 1.165) is 25.5 Å². The van der Waals surface area contributed by atoms with Crippen LogP contribution in [-0.2, 0) is 11.3 Å². The zero-order valence-electron chi connectivity index (χ0n) is 11.0. The minimum atomic E-state index is 0.0224. The second-order valence-electron chi connectivity index (χ2n) is 5.32. The molecule has 19 heavy (non-hydrogen) atoms. The van der Waals surface area contributed by atoms with Crippen LogP contribution >= 0.6 is 0 Å². The molecule has 1 aliphatic carbocycles. The lowest BCUT2D eigenvalue weighted by atomic mass is 10.2. The maximum atomic E-state index is 9.03. The van der Waals surface area contributed by atoms with Crippen molar-refractivity contribution >= 4 is 5.84 Å². The van der Waals surface area contributed by atoms with Crippen LogP contribution in [0.2, 0.25) is 0 Å². The zero-order chi connectivity index (χ0) is 13.1. The zero-order valence-corrected chi connectivity index (χ0v) is 11.0. The van der Waals surface area contributed by atoms with E-state index >= 15 is 0 Å². The number of hydrogen-bond donors (Lipinski definition) is 2. The summed E-state index contributed by atoms with van der Waals surface area (Å²) in [5.41, 5.74) is 1.22. The monoisotopic (exact) mass is 260 g/mol. The first kappa shape index (κ1) is 12.6. The number of fused-ring (bicyclic) bond motifs is 1. The lowest BCUT2D eigenvalue weighted by molar-refractivity contribution is 0.105. The Balaban J connectivity index is 1.43. The summed E-state index contributed by atoms with van der Waals surface area (Å²) in [5, 5.41) is 12.2. The first-order valence-electron chi connectivity index (χ1n) is 6.88. The van der Waals surface area contributed by atoms with E-state index in [1.54, 1.807) is 0 Å². The van der Waals surface area contributed by atoms with E-state index in [9.17, 15) is 0 Å². The van der Waals surface area contributed by atoms with Gasteiger partial charge in [0.25, 0.3) is 0 Å². The quantitative estimate of drug-likeness (QED) is 0.832. The molecule has 102 valence electrons. The summed E-state index contributed by atoms with van der Waals surface area (Å²) < 4.78 is 5.80. The van der Waals surface area contributed by atoms with Crippen LogP contribution in [0.4, 0.5) is 0 Å². The van der Waals surface area contributed by atoms with Crippen LogP contribution < -0.4 is 5.32 Å². The van der Waals surface area contributed by atoms with Crippen molar-refractivity contribution in [3.8, 4) is 0 Å². The molecule has 1 aliphatic heterocycles. The molecule has 0 bridgehead atoms. The smallest absolute Gasteiger partial charge is 0.122 e. The Morgan fingerprint density at radius 2 is 2.11 bits per heavy atom. The van der Waals surface area contributed by atoms with Crippen molar-refractivity contribution in [3.05, 3.63) is 35.9 Å². The first-order valence-corrected chi connectivity index (χ1v) is 6.88. The molecule has 1 aromatic rings. The lowest BCUT2D eigenvalue weighted by Gasteiger charge is -2.07. The van der Waals surface area contributed by atoms with Gasteiger partial charge in [-0.2, -0.15) is 0 Å². The molecule has 3 rings (SSSR count). The largest absolute Gasteiger partial charge is 0.388 e. The third kappa shape index (κ3) is 2.96. The molecule has 4 nitrogen and oxygen atoms in total. The summed E-state index contributed by atoms with van der Waals surface area (Å²) in [5.74, 6) is 2.65. The average molecular weight is 260 g/mol. The topological polar surface area (TPSA) is 53.9 Å². The molecule has 1 fully saturated rings. The Morgan fingerprint density at radius 1 is 1.26 bits per heavy atom. The van der Waals surface area contributed by atoms with Gasteiger partial charge in [0.15, 0.2) is 0 Å². The molecule has 2 N–H and O–H groups in total. The Hall–Kier alpha value is -1.39. The van der Waals surface area contributed by atoms with Crippen molar-refractivity contribution in [2.45, 2.75) is 6.61 Å². The molecule has 4 heteroatoms. The van der Waals surface area contributed by atoms with E-state index in [4.69, 9.17) is 9.84 Å². The SMILES string of the molecule is OCC1=NC[C@@H]2[C@H](CN1)[C@@H]2COCc1ccccc1. The summed E-state index contributed by atoms with van der Waals surface area (Å²) >= 11 is 0. The molecule has 1 heterocycles. The highest BCUT2D eigenvalue weighted by Crippen LogP contribution is 2.47. The molecule has 2 aliphatic rings. The molecule has 1 saturated carbocycles. The van der Waals surface area contributed by atoms with Gasteiger partial charge in [-0.15, -0.1) is 0 Å². The molecule has 0 radical (unpaired) electrons. The van der Waals surface area contributed by atoms with Crippen LogP contribution in [0, 0.1) is 17.8 Å². The normalized spacial score (nSPS) is 28.9. The summed E-state index contributed by atoms with van der Waals surface area (Å²) in [6.45, 7) is 3.27. The highest BCUT2D eigenvalue weighted by molar-refractivity contribution is 5.83. The van der Waals surface area contributed by atoms with Crippen LogP contribution in [-0.4, -0.2) is 37.2 Å². The summed E-state index contributed by atoms with van der Waals surface area (Å²) in [4.78, 5) is 4.38. The van der Waals surface area contributed by atoms with Crippen LogP contribution in [0.25, 0.3) is 0 Å². The van der Waals surface area contributed by atoms with E-state index in [-0.39, 0.29) is 6.61 Å². The fourth-order valence-electron chi connectivity index (χ4n) is 2.85. The fourth-order valence-corrected chi connectivity index (χ4v) is 2.85. The molecule has 0 spiro atoms. The van der Waals surface area contributed by atoms with Gasteiger partial charge in [0.1, 0.15) is 12.4 Å². The molecule has 0 unspecified atom stereocenters. The van der Waals surface area contributed by atoms with Gasteiger partial charge in [-0.3, -0.25) is 4.99 Å². The number of nitrogens with zero attached hydrogens (tertiary/aromatic N) is 1. The molecule has 3 atom stereocenters. The Kier molecular flexibility index (Phi) is 3.80. The van der Waals surface area contributed by atoms with E-state index in [1.807, 2.05) is 18.2 Å². The molecule has 1 aromatic carbocycles. The van der Waals surface area contributed by atoms with Crippen molar-refractivity contribution < 1.29 is 9.84 Å². The Morgan fingerprint density at radius 3 is 2.89 bits per heavy atom. The van der Waals surface area contributed by atoms with Crippen LogP contribution in [0.3, 0.4) is 0 Å². The number of amidine groups is 1. The van der Waals surface area contributed by atoms with E-state index in [0.29, 0.717) is 24.4 Å². The van der Waals surface area contributed by atoms with Gasteiger partial charge in [-0.05, 0) is 23.3 Å². The van der Waals surface area contributed by atoms with Crippen LogP contribution in [0.1, 0.15) is 5.56 Å². The van der Waals surface area contributed by atoms with Gasteiger partial charge in [-0.1, -0.05) is 30.3 Å². The second-order valence-corrected chi connectivity index (χ2v) is 5.32. The van der Waals surface area contributed by atoms with Crippen molar-refractivity contribution in [2.24, 2.45) is 22.7 Å². The number of nitrogens with one attached hydrogen (secondary N) is 1. The third-order valence-corrected chi connectivity index (χ3v) is 4.12. The number of rotatable bonds is 5. The number of aliphatic hydroxyl groups is 1. The fraction of sp³-hybridized carbons (Fsp3) is 0.533. The van der Waals surface area contributed by atoms with Gasteiger partial charge in [0.2, 0.25) is 0 Å². The molecular weight excluding hydrogens is 240 g/mol. The maximum Gasteiger partial charge on any atom is 0.122 e. The molecule has 0 aromatic heterocycles. The van der Waals surface area contributed by atoms with Gasteiger partial charge in [0.05, 0.1) is 13.2 Å². The molecule has 0 saturated heterocycles. The number of hydrogen-bond acceptors (Lipinski definition) is 4. The summed E-state index contributed by atoms with van der Waals surface area (Å²) in [6, 6.07) is 10.3. The average Bonchev–Trinajstić information content (AvgIpc) is 3.16. The van der Waals surface area contributed by atoms with Crippen molar-refractivity contribution in [3.63, 3.8) is 0 Å². The van der Waals surface area contributed by atoms with Crippen LogP contribution in [0.15, 0.2) is 35.3 Å². The maximum absolute atomic E-state index is 9.03. The second kappa shape index (κ2) is 5.72. The highest BCUT2D eigenvalue weighted by atomic mass is 16.5.